The highest BCUT2D eigenvalue weighted by molar-refractivity contribution is 6.20. The largest absolute Gasteiger partial charge is 0.311 e. The highest BCUT2D eigenvalue weighted by Gasteiger charge is 2.01. The first kappa shape index (κ1) is 13.5. The van der Waals surface area contributed by atoms with Gasteiger partial charge in [-0.2, -0.15) is 0 Å². The molecule has 0 aliphatic carbocycles. The van der Waals surface area contributed by atoms with E-state index in [9.17, 15) is 0 Å². The molecule has 0 saturated heterocycles. The van der Waals surface area contributed by atoms with Gasteiger partial charge in [0.05, 0.1) is 0 Å². The molecule has 1 rings (SSSR count). The van der Waals surface area contributed by atoms with Gasteiger partial charge in [0.1, 0.15) is 0 Å². The van der Waals surface area contributed by atoms with Crippen LogP contribution < -0.4 is 5.32 Å². The Morgan fingerprint density at radius 2 is 1.81 bits per heavy atom. The Hall–Kier alpha value is -0.530. The zero-order valence-electron chi connectivity index (χ0n) is 10.5. The molecule has 1 aromatic carbocycles. The van der Waals surface area contributed by atoms with Gasteiger partial charge in [0.2, 0.25) is 0 Å². The van der Waals surface area contributed by atoms with Gasteiger partial charge in [-0.25, -0.2) is 0 Å². The number of hydrogen-bond acceptors (Lipinski definition) is 1. The zero-order valence-corrected chi connectivity index (χ0v) is 11.2. The molecule has 0 saturated carbocycles. The fourth-order valence-electron chi connectivity index (χ4n) is 1.54. The molecule has 2 heteroatoms. The second-order valence-electron chi connectivity index (χ2n) is 4.53. The molecule has 90 valence electrons. The predicted octanol–water partition coefficient (Wildman–Crippen LogP) is 3.92. The fraction of sp³-hybridized carbons (Fsp3) is 0.571. The SMILES string of the molecule is CCC(Cl)CNCc1ccc(C(C)C)cc1. The third kappa shape index (κ3) is 4.54. The lowest BCUT2D eigenvalue weighted by Gasteiger charge is -2.10. The van der Waals surface area contributed by atoms with Crippen LogP contribution in [-0.4, -0.2) is 11.9 Å². The van der Waals surface area contributed by atoms with Gasteiger partial charge in [0.15, 0.2) is 0 Å². The smallest absolute Gasteiger partial charge is 0.0458 e. The van der Waals surface area contributed by atoms with E-state index in [1.165, 1.54) is 11.1 Å². The summed E-state index contributed by atoms with van der Waals surface area (Å²) in [5, 5.41) is 3.61. The Bertz CT molecular complexity index is 292. The Morgan fingerprint density at radius 1 is 1.19 bits per heavy atom. The van der Waals surface area contributed by atoms with Gasteiger partial charge in [0.25, 0.3) is 0 Å². The first-order valence-electron chi connectivity index (χ1n) is 6.07. The Labute approximate surface area is 104 Å². The van der Waals surface area contributed by atoms with Crippen molar-refractivity contribution in [3.05, 3.63) is 35.4 Å². The van der Waals surface area contributed by atoms with Crippen molar-refractivity contribution < 1.29 is 0 Å². The van der Waals surface area contributed by atoms with Crippen LogP contribution >= 0.6 is 11.6 Å². The molecule has 1 nitrogen and oxygen atoms in total. The van der Waals surface area contributed by atoms with Crippen LogP contribution in [0.4, 0.5) is 0 Å². The molecule has 1 aromatic rings. The summed E-state index contributed by atoms with van der Waals surface area (Å²) in [5.74, 6) is 0.606. The maximum Gasteiger partial charge on any atom is 0.0458 e. The standard InChI is InChI=1S/C14H22ClN/c1-4-14(15)10-16-9-12-5-7-13(8-6-12)11(2)3/h5-8,11,14,16H,4,9-10H2,1-3H3. The Balaban J connectivity index is 2.38. The molecule has 0 heterocycles. The van der Waals surface area contributed by atoms with Crippen molar-refractivity contribution >= 4 is 11.6 Å². The molecule has 0 spiro atoms. The van der Waals surface area contributed by atoms with E-state index < -0.39 is 0 Å². The molecule has 0 aliphatic heterocycles. The number of nitrogens with one attached hydrogen (secondary N) is 1. The highest BCUT2D eigenvalue weighted by Crippen LogP contribution is 2.14. The lowest BCUT2D eigenvalue weighted by Crippen LogP contribution is -2.22. The third-order valence-corrected chi connectivity index (χ3v) is 3.25. The van der Waals surface area contributed by atoms with Gasteiger partial charge in [-0.1, -0.05) is 45.0 Å². The first-order chi connectivity index (χ1) is 7.63. The van der Waals surface area contributed by atoms with Gasteiger partial charge in [-0.3, -0.25) is 0 Å². The summed E-state index contributed by atoms with van der Waals surface area (Å²) < 4.78 is 0. The Morgan fingerprint density at radius 3 is 2.31 bits per heavy atom. The quantitative estimate of drug-likeness (QED) is 0.742. The number of alkyl halides is 1. The predicted molar refractivity (Wildman–Crippen MR) is 72.2 cm³/mol. The molecular formula is C14H22ClN. The number of rotatable bonds is 6. The van der Waals surface area contributed by atoms with Gasteiger partial charge < -0.3 is 5.32 Å². The van der Waals surface area contributed by atoms with Crippen LogP contribution in [0, 0.1) is 0 Å². The van der Waals surface area contributed by atoms with Crippen molar-refractivity contribution in [1.29, 1.82) is 0 Å². The van der Waals surface area contributed by atoms with Crippen LogP contribution in [-0.2, 0) is 6.54 Å². The number of hydrogen-bond donors (Lipinski definition) is 1. The van der Waals surface area contributed by atoms with E-state index in [-0.39, 0.29) is 5.38 Å². The molecule has 16 heavy (non-hydrogen) atoms. The summed E-state index contributed by atoms with van der Waals surface area (Å²) in [6.45, 7) is 8.32. The molecule has 0 radical (unpaired) electrons. The molecule has 0 amide bonds. The lowest BCUT2D eigenvalue weighted by atomic mass is 10.0. The van der Waals surface area contributed by atoms with E-state index in [0.717, 1.165) is 19.5 Å². The Kier molecular flexibility index (Phi) is 5.86. The van der Waals surface area contributed by atoms with Gasteiger partial charge in [0, 0.05) is 18.5 Å². The molecule has 1 N–H and O–H groups in total. The molecule has 0 bridgehead atoms. The molecule has 1 unspecified atom stereocenters. The van der Waals surface area contributed by atoms with Crippen molar-refractivity contribution in [2.24, 2.45) is 0 Å². The average molecular weight is 240 g/mol. The van der Waals surface area contributed by atoms with Crippen LogP contribution in [0.15, 0.2) is 24.3 Å². The normalized spacial score (nSPS) is 13.1. The molecule has 0 fully saturated rings. The zero-order chi connectivity index (χ0) is 12.0. The first-order valence-corrected chi connectivity index (χ1v) is 6.50. The van der Waals surface area contributed by atoms with Crippen molar-refractivity contribution in [3.63, 3.8) is 0 Å². The van der Waals surface area contributed by atoms with E-state index in [1.807, 2.05) is 0 Å². The van der Waals surface area contributed by atoms with E-state index in [2.05, 4.69) is 50.4 Å². The van der Waals surface area contributed by atoms with Gasteiger partial charge >= 0.3 is 0 Å². The van der Waals surface area contributed by atoms with E-state index in [0.29, 0.717) is 5.92 Å². The van der Waals surface area contributed by atoms with Crippen molar-refractivity contribution in [1.82, 2.24) is 5.32 Å². The van der Waals surface area contributed by atoms with Crippen LogP contribution in [0.2, 0.25) is 0 Å². The van der Waals surface area contributed by atoms with Crippen LogP contribution in [0.5, 0.6) is 0 Å². The minimum Gasteiger partial charge on any atom is -0.311 e. The molecular weight excluding hydrogens is 218 g/mol. The molecule has 1 atom stereocenters. The second-order valence-corrected chi connectivity index (χ2v) is 5.15. The van der Waals surface area contributed by atoms with E-state index in [4.69, 9.17) is 11.6 Å². The topological polar surface area (TPSA) is 12.0 Å². The van der Waals surface area contributed by atoms with Crippen LogP contribution in [0.3, 0.4) is 0 Å². The lowest BCUT2D eigenvalue weighted by molar-refractivity contribution is 0.647. The maximum absolute atomic E-state index is 6.04. The fourth-order valence-corrected chi connectivity index (χ4v) is 1.65. The highest BCUT2D eigenvalue weighted by atomic mass is 35.5. The van der Waals surface area contributed by atoms with Crippen molar-refractivity contribution in [2.75, 3.05) is 6.54 Å². The summed E-state index contributed by atoms with van der Waals surface area (Å²) in [6.07, 6.45) is 1.01. The second kappa shape index (κ2) is 6.93. The molecule has 0 aromatic heterocycles. The summed E-state index contributed by atoms with van der Waals surface area (Å²) in [7, 11) is 0. The van der Waals surface area contributed by atoms with Crippen molar-refractivity contribution in [2.45, 2.75) is 45.0 Å². The van der Waals surface area contributed by atoms with E-state index >= 15 is 0 Å². The third-order valence-electron chi connectivity index (χ3n) is 2.78. The minimum atomic E-state index is 0.245. The summed E-state index contributed by atoms with van der Waals surface area (Å²) in [4.78, 5) is 0. The monoisotopic (exact) mass is 239 g/mol. The molecule has 0 aliphatic rings. The number of benzene rings is 1. The maximum atomic E-state index is 6.04. The summed E-state index contributed by atoms with van der Waals surface area (Å²) in [6, 6.07) is 8.80. The van der Waals surface area contributed by atoms with Crippen LogP contribution in [0.1, 0.15) is 44.2 Å². The minimum absolute atomic E-state index is 0.245. The van der Waals surface area contributed by atoms with Crippen LogP contribution in [0.25, 0.3) is 0 Å². The van der Waals surface area contributed by atoms with Gasteiger partial charge in [-0.15, -0.1) is 11.6 Å². The summed E-state index contributed by atoms with van der Waals surface area (Å²) in [5.41, 5.74) is 2.72. The number of halogens is 1. The average Bonchev–Trinajstić information content (AvgIpc) is 2.29. The van der Waals surface area contributed by atoms with Crippen molar-refractivity contribution in [3.8, 4) is 0 Å². The van der Waals surface area contributed by atoms with Gasteiger partial charge in [-0.05, 0) is 23.5 Å². The van der Waals surface area contributed by atoms with E-state index in [1.54, 1.807) is 0 Å². The summed E-state index contributed by atoms with van der Waals surface area (Å²) >= 11 is 6.04.